The first kappa shape index (κ1) is 21.4. The van der Waals surface area contributed by atoms with Crippen molar-refractivity contribution in [1.82, 2.24) is 9.80 Å². The molecule has 7 heteroatoms. The molecule has 0 saturated carbocycles. The molecule has 0 aliphatic rings. The molecule has 0 rings (SSSR count). The predicted molar refractivity (Wildman–Crippen MR) is 88.6 cm³/mol. The van der Waals surface area contributed by atoms with Crippen LogP contribution in [0.5, 0.6) is 0 Å². The van der Waals surface area contributed by atoms with Crippen LogP contribution in [0.4, 0.5) is 0 Å². The van der Waals surface area contributed by atoms with E-state index in [4.69, 9.17) is 10.5 Å². The molecule has 0 aromatic rings. The van der Waals surface area contributed by atoms with Crippen LogP contribution in [0.2, 0.25) is 0 Å². The first-order valence-corrected chi connectivity index (χ1v) is 7.85. The van der Waals surface area contributed by atoms with E-state index in [1.165, 1.54) is 16.8 Å². The van der Waals surface area contributed by atoms with E-state index in [9.17, 15) is 14.4 Å². The van der Waals surface area contributed by atoms with Gasteiger partial charge in [-0.05, 0) is 27.2 Å². The van der Waals surface area contributed by atoms with Crippen molar-refractivity contribution in [2.45, 2.75) is 64.6 Å². The molecule has 0 spiro atoms. The molecule has 0 radical (unpaired) electrons. The average Bonchev–Trinajstić information content (AvgIpc) is 2.49. The molecule has 0 fully saturated rings. The van der Waals surface area contributed by atoms with Gasteiger partial charge in [-0.25, -0.2) is 0 Å². The van der Waals surface area contributed by atoms with Gasteiger partial charge in [-0.15, -0.1) is 0 Å². The number of hydrogen-bond donors (Lipinski definition) is 1. The Hall–Kier alpha value is -1.63. The Labute approximate surface area is 139 Å². The average molecular weight is 329 g/mol. The van der Waals surface area contributed by atoms with Crippen molar-refractivity contribution < 1.29 is 19.1 Å². The number of ether oxygens (including phenoxy) is 1. The Morgan fingerprint density at radius 2 is 1.70 bits per heavy atom. The summed E-state index contributed by atoms with van der Waals surface area (Å²) < 4.78 is 5.32. The summed E-state index contributed by atoms with van der Waals surface area (Å²) in [5, 5.41) is 0. The van der Waals surface area contributed by atoms with Gasteiger partial charge in [0.2, 0.25) is 17.7 Å². The lowest BCUT2D eigenvalue weighted by atomic mass is 9.97. The fourth-order valence-corrected chi connectivity index (χ4v) is 2.20. The van der Waals surface area contributed by atoms with Gasteiger partial charge in [-0.3, -0.25) is 14.4 Å². The van der Waals surface area contributed by atoms with E-state index in [1.54, 1.807) is 21.1 Å². The lowest BCUT2D eigenvalue weighted by Crippen LogP contribution is -2.54. The molecule has 0 aliphatic carbocycles. The van der Waals surface area contributed by atoms with Gasteiger partial charge in [-0.1, -0.05) is 6.92 Å². The Balaban J connectivity index is 5.13. The zero-order valence-electron chi connectivity index (χ0n) is 15.4. The number of hydrogen-bond acceptors (Lipinski definition) is 4. The van der Waals surface area contributed by atoms with E-state index < -0.39 is 23.6 Å². The van der Waals surface area contributed by atoms with Crippen LogP contribution in [0, 0.1) is 0 Å². The molecule has 7 nitrogen and oxygen atoms in total. The summed E-state index contributed by atoms with van der Waals surface area (Å²) in [7, 11) is 4.66. The Morgan fingerprint density at radius 3 is 2.09 bits per heavy atom. The van der Waals surface area contributed by atoms with Crippen LogP contribution in [0.3, 0.4) is 0 Å². The van der Waals surface area contributed by atoms with E-state index in [1.807, 2.05) is 20.8 Å². The van der Waals surface area contributed by atoms with Crippen molar-refractivity contribution in [3.05, 3.63) is 0 Å². The van der Waals surface area contributed by atoms with E-state index in [0.29, 0.717) is 12.8 Å². The molecule has 0 unspecified atom stereocenters. The molecule has 134 valence electrons. The van der Waals surface area contributed by atoms with Gasteiger partial charge >= 0.3 is 0 Å². The molecule has 2 atom stereocenters. The minimum absolute atomic E-state index is 0.102. The highest BCUT2D eigenvalue weighted by Gasteiger charge is 2.34. The van der Waals surface area contributed by atoms with Crippen molar-refractivity contribution in [3.8, 4) is 0 Å². The highest BCUT2D eigenvalue weighted by Crippen LogP contribution is 2.19. The topological polar surface area (TPSA) is 92.9 Å². The second kappa shape index (κ2) is 8.86. The normalized spacial score (nSPS) is 14.0. The van der Waals surface area contributed by atoms with Gasteiger partial charge in [0.15, 0.2) is 0 Å². The Morgan fingerprint density at radius 1 is 1.17 bits per heavy atom. The second-order valence-corrected chi connectivity index (χ2v) is 6.47. The number of rotatable bonds is 9. The fraction of sp³-hybridized carbons (Fsp3) is 0.812. The summed E-state index contributed by atoms with van der Waals surface area (Å²) in [5.41, 5.74) is 4.86. The largest absolute Gasteiger partial charge is 0.379 e. The number of primary amides is 1. The first-order valence-electron chi connectivity index (χ1n) is 7.85. The number of amides is 3. The van der Waals surface area contributed by atoms with Gasteiger partial charge in [0.05, 0.1) is 5.60 Å². The Kier molecular flexibility index (Phi) is 8.23. The standard InChI is InChI=1S/C16H31N3O4/c1-8-9-13(20)18(5)11(2)15(22)19(6)12(14(17)21)10-16(3,4)23-7/h11-12H,8-10H2,1-7H3,(H2,17,21)/t11-,12+/m1/s1. The SMILES string of the molecule is CCCC(=O)N(C)[C@H](C)C(=O)N(C)[C@@H](CC(C)(C)OC)C(N)=O. The van der Waals surface area contributed by atoms with Gasteiger partial charge in [0.1, 0.15) is 12.1 Å². The number of nitrogens with two attached hydrogens (primary N) is 1. The molecule has 0 heterocycles. The fourth-order valence-electron chi connectivity index (χ4n) is 2.20. The number of carbonyl (C=O) groups excluding carboxylic acids is 3. The highest BCUT2D eigenvalue weighted by atomic mass is 16.5. The number of carbonyl (C=O) groups is 3. The third-order valence-electron chi connectivity index (χ3n) is 4.18. The zero-order valence-corrected chi connectivity index (χ0v) is 15.4. The van der Waals surface area contributed by atoms with E-state index >= 15 is 0 Å². The minimum atomic E-state index is -0.797. The predicted octanol–water partition coefficient (Wildman–Crippen LogP) is 0.761. The Bertz CT molecular complexity index is 437. The quantitative estimate of drug-likeness (QED) is 0.676. The van der Waals surface area contributed by atoms with E-state index in [2.05, 4.69) is 0 Å². The van der Waals surface area contributed by atoms with Crippen LogP contribution >= 0.6 is 0 Å². The van der Waals surface area contributed by atoms with Crippen LogP contribution in [0.25, 0.3) is 0 Å². The summed E-state index contributed by atoms with van der Waals surface area (Å²) in [6, 6.07) is -1.46. The van der Waals surface area contributed by atoms with Crippen molar-refractivity contribution >= 4 is 17.7 Å². The third kappa shape index (κ3) is 6.17. The number of likely N-dealkylation sites (N-methyl/N-ethyl adjacent to an activating group) is 2. The van der Waals surface area contributed by atoms with Crippen LogP contribution in [0.1, 0.15) is 47.0 Å². The minimum Gasteiger partial charge on any atom is -0.379 e. The van der Waals surface area contributed by atoms with Crippen LogP contribution in [0.15, 0.2) is 0 Å². The smallest absolute Gasteiger partial charge is 0.245 e. The number of nitrogens with zero attached hydrogens (tertiary/aromatic N) is 2. The summed E-state index contributed by atoms with van der Waals surface area (Å²) in [6.45, 7) is 7.19. The summed E-state index contributed by atoms with van der Waals surface area (Å²) in [6.07, 6.45) is 1.38. The molecule has 0 bridgehead atoms. The van der Waals surface area contributed by atoms with Crippen molar-refractivity contribution in [2.24, 2.45) is 5.73 Å². The maximum absolute atomic E-state index is 12.6. The summed E-state index contributed by atoms with van der Waals surface area (Å²) in [5.74, 6) is -1.03. The molecule has 0 saturated heterocycles. The molecule has 3 amide bonds. The van der Waals surface area contributed by atoms with E-state index in [-0.39, 0.29) is 18.2 Å². The molecule has 23 heavy (non-hydrogen) atoms. The van der Waals surface area contributed by atoms with Crippen molar-refractivity contribution in [3.63, 3.8) is 0 Å². The summed E-state index contributed by atoms with van der Waals surface area (Å²) >= 11 is 0. The van der Waals surface area contributed by atoms with Gasteiger partial charge < -0.3 is 20.3 Å². The third-order valence-corrected chi connectivity index (χ3v) is 4.18. The maximum atomic E-state index is 12.6. The lowest BCUT2D eigenvalue weighted by molar-refractivity contribution is -0.147. The molecule has 0 aromatic carbocycles. The van der Waals surface area contributed by atoms with E-state index in [0.717, 1.165) is 0 Å². The van der Waals surface area contributed by atoms with Crippen molar-refractivity contribution in [1.29, 1.82) is 0 Å². The van der Waals surface area contributed by atoms with Gasteiger partial charge in [-0.2, -0.15) is 0 Å². The maximum Gasteiger partial charge on any atom is 0.245 e. The van der Waals surface area contributed by atoms with Crippen LogP contribution < -0.4 is 5.73 Å². The summed E-state index contributed by atoms with van der Waals surface area (Å²) in [4.78, 5) is 39.0. The van der Waals surface area contributed by atoms with Crippen LogP contribution in [-0.4, -0.2) is 66.4 Å². The highest BCUT2D eigenvalue weighted by molar-refractivity contribution is 5.91. The molecule has 2 N–H and O–H groups in total. The van der Waals surface area contributed by atoms with Gasteiger partial charge in [0, 0.05) is 34.0 Å². The molecule has 0 aliphatic heterocycles. The van der Waals surface area contributed by atoms with Crippen molar-refractivity contribution in [2.75, 3.05) is 21.2 Å². The first-order chi connectivity index (χ1) is 10.5. The van der Waals surface area contributed by atoms with Crippen LogP contribution in [-0.2, 0) is 19.1 Å². The zero-order chi connectivity index (χ0) is 18.4. The number of methoxy groups -OCH3 is 1. The monoisotopic (exact) mass is 329 g/mol. The lowest BCUT2D eigenvalue weighted by Gasteiger charge is -2.35. The molecule has 0 aromatic heterocycles. The molecular formula is C16H31N3O4. The molecular weight excluding hydrogens is 298 g/mol. The van der Waals surface area contributed by atoms with Gasteiger partial charge in [0.25, 0.3) is 0 Å². The second-order valence-electron chi connectivity index (χ2n) is 6.47.